The minimum absolute atomic E-state index is 0.345. The Kier molecular flexibility index (Phi) is 5.84. The highest BCUT2D eigenvalue weighted by Gasteiger charge is 2.40. The van der Waals surface area contributed by atoms with Gasteiger partial charge < -0.3 is 19.9 Å². The van der Waals surface area contributed by atoms with E-state index < -0.39 is 35.4 Å². The number of esters is 1. The number of nitrogens with one attached hydrogen (secondary N) is 1. The summed E-state index contributed by atoms with van der Waals surface area (Å²) in [6.07, 6.45) is 0.817. The number of hydrogen-bond donors (Lipinski definition) is 2. The van der Waals surface area contributed by atoms with Gasteiger partial charge in [-0.1, -0.05) is 6.42 Å². The normalized spacial score (nSPS) is 23.8. The van der Waals surface area contributed by atoms with Crippen LogP contribution in [0.2, 0.25) is 0 Å². The van der Waals surface area contributed by atoms with Crippen molar-refractivity contribution in [3.63, 3.8) is 0 Å². The second-order valence-electron chi connectivity index (χ2n) is 7.82. The maximum atomic E-state index is 12.4. The number of hydrogen-bond acceptors (Lipinski definition) is 5. The average molecular weight is 315 g/mol. The van der Waals surface area contributed by atoms with E-state index in [2.05, 4.69) is 5.32 Å². The molecule has 128 valence electrons. The number of aliphatic hydroxyl groups excluding tert-OH is 1. The van der Waals surface area contributed by atoms with Gasteiger partial charge in [0.05, 0.1) is 6.10 Å². The SMILES string of the molecule is CC(C)(C)OC(=O)N[C@H](C(=O)OC(C)(C)C)[C@@H]1CCC[C@H]1O. The number of ether oxygens (including phenoxy) is 2. The third kappa shape index (κ3) is 6.22. The van der Waals surface area contributed by atoms with Crippen molar-refractivity contribution in [1.82, 2.24) is 5.32 Å². The van der Waals surface area contributed by atoms with E-state index in [-0.39, 0.29) is 5.92 Å². The van der Waals surface area contributed by atoms with Crippen LogP contribution in [0.3, 0.4) is 0 Å². The van der Waals surface area contributed by atoms with Crippen LogP contribution in [-0.2, 0) is 14.3 Å². The summed E-state index contributed by atoms with van der Waals surface area (Å²) in [4.78, 5) is 24.4. The molecule has 22 heavy (non-hydrogen) atoms. The van der Waals surface area contributed by atoms with Crippen LogP contribution in [0.1, 0.15) is 60.8 Å². The predicted molar refractivity (Wildman–Crippen MR) is 82.4 cm³/mol. The number of aliphatic hydroxyl groups is 1. The Bertz CT molecular complexity index is 408. The Morgan fingerprint density at radius 1 is 1.05 bits per heavy atom. The van der Waals surface area contributed by atoms with Gasteiger partial charge in [-0.3, -0.25) is 0 Å². The molecule has 1 aliphatic carbocycles. The summed E-state index contributed by atoms with van der Waals surface area (Å²) >= 11 is 0. The van der Waals surface area contributed by atoms with Crippen LogP contribution in [-0.4, -0.2) is 40.5 Å². The quantitative estimate of drug-likeness (QED) is 0.781. The first kappa shape index (κ1) is 18.7. The Labute approximate surface area is 132 Å². The highest BCUT2D eigenvalue weighted by molar-refractivity contribution is 5.82. The molecule has 1 fully saturated rings. The molecular formula is C16H29NO5. The van der Waals surface area contributed by atoms with Gasteiger partial charge in [-0.15, -0.1) is 0 Å². The zero-order valence-corrected chi connectivity index (χ0v) is 14.4. The average Bonchev–Trinajstić information content (AvgIpc) is 2.67. The lowest BCUT2D eigenvalue weighted by Crippen LogP contribution is -2.51. The molecule has 0 radical (unpaired) electrons. The minimum Gasteiger partial charge on any atom is -0.458 e. The molecule has 0 aromatic rings. The third-order valence-electron chi connectivity index (χ3n) is 3.29. The largest absolute Gasteiger partial charge is 0.458 e. The van der Waals surface area contributed by atoms with Crippen molar-refractivity contribution in [2.45, 2.75) is 84.2 Å². The van der Waals surface area contributed by atoms with Crippen molar-refractivity contribution in [3.8, 4) is 0 Å². The Morgan fingerprint density at radius 3 is 2.00 bits per heavy atom. The van der Waals surface area contributed by atoms with Gasteiger partial charge in [-0.05, 0) is 54.4 Å². The van der Waals surface area contributed by atoms with Crippen LogP contribution in [0.25, 0.3) is 0 Å². The molecule has 0 aromatic heterocycles. The van der Waals surface area contributed by atoms with Gasteiger partial charge in [0.1, 0.15) is 17.2 Å². The van der Waals surface area contributed by atoms with Crippen molar-refractivity contribution in [1.29, 1.82) is 0 Å². The van der Waals surface area contributed by atoms with E-state index in [1.807, 2.05) is 0 Å². The van der Waals surface area contributed by atoms with E-state index in [4.69, 9.17) is 9.47 Å². The molecular weight excluding hydrogens is 286 g/mol. The number of rotatable bonds is 3. The van der Waals surface area contributed by atoms with E-state index in [0.717, 1.165) is 6.42 Å². The summed E-state index contributed by atoms with van der Waals surface area (Å²) in [5, 5.41) is 12.6. The molecule has 0 heterocycles. The molecule has 1 saturated carbocycles. The summed E-state index contributed by atoms with van der Waals surface area (Å²) in [6.45, 7) is 10.5. The van der Waals surface area contributed by atoms with Crippen molar-refractivity contribution >= 4 is 12.1 Å². The molecule has 0 aliphatic heterocycles. The maximum absolute atomic E-state index is 12.4. The summed E-state index contributed by atoms with van der Waals surface area (Å²) < 4.78 is 10.6. The second-order valence-corrected chi connectivity index (χ2v) is 7.82. The Balaban J connectivity index is 2.82. The monoisotopic (exact) mass is 315 g/mol. The van der Waals surface area contributed by atoms with Gasteiger partial charge in [0, 0.05) is 5.92 Å². The van der Waals surface area contributed by atoms with Crippen LogP contribution in [0.15, 0.2) is 0 Å². The molecule has 1 amide bonds. The minimum atomic E-state index is -0.897. The molecule has 0 spiro atoms. The van der Waals surface area contributed by atoms with Crippen LogP contribution in [0, 0.1) is 5.92 Å². The van der Waals surface area contributed by atoms with Crippen molar-refractivity contribution in [3.05, 3.63) is 0 Å². The number of amides is 1. The summed E-state index contributed by atoms with van der Waals surface area (Å²) in [5.41, 5.74) is -1.31. The summed E-state index contributed by atoms with van der Waals surface area (Å²) in [7, 11) is 0. The first-order valence-electron chi connectivity index (χ1n) is 7.79. The molecule has 3 atom stereocenters. The fourth-order valence-electron chi connectivity index (χ4n) is 2.50. The first-order valence-corrected chi connectivity index (χ1v) is 7.79. The molecule has 1 rings (SSSR count). The lowest BCUT2D eigenvalue weighted by molar-refractivity contribution is -0.160. The lowest BCUT2D eigenvalue weighted by atomic mass is 9.96. The van der Waals surface area contributed by atoms with E-state index >= 15 is 0 Å². The standard InChI is InChI=1S/C16H29NO5/c1-15(2,3)21-13(19)12(10-8-7-9-11(10)18)17-14(20)22-16(4,5)6/h10-12,18H,7-9H2,1-6H3,(H,17,20)/t10-,11-,12+/m1/s1. The van der Waals surface area contributed by atoms with E-state index in [1.165, 1.54) is 0 Å². The van der Waals surface area contributed by atoms with Gasteiger partial charge in [0.2, 0.25) is 0 Å². The molecule has 0 unspecified atom stereocenters. The van der Waals surface area contributed by atoms with Gasteiger partial charge in [-0.2, -0.15) is 0 Å². The fraction of sp³-hybridized carbons (Fsp3) is 0.875. The Hall–Kier alpha value is -1.30. The van der Waals surface area contributed by atoms with E-state index in [1.54, 1.807) is 41.5 Å². The highest BCUT2D eigenvalue weighted by Crippen LogP contribution is 2.30. The van der Waals surface area contributed by atoms with Gasteiger partial charge in [0.15, 0.2) is 0 Å². The van der Waals surface area contributed by atoms with Gasteiger partial charge in [0.25, 0.3) is 0 Å². The molecule has 6 heteroatoms. The number of carbonyl (C=O) groups is 2. The smallest absolute Gasteiger partial charge is 0.408 e. The van der Waals surface area contributed by atoms with Crippen LogP contribution < -0.4 is 5.32 Å². The van der Waals surface area contributed by atoms with Crippen LogP contribution >= 0.6 is 0 Å². The van der Waals surface area contributed by atoms with E-state index in [9.17, 15) is 14.7 Å². The summed E-state index contributed by atoms with van der Waals surface area (Å²) in [5.74, 6) is -0.883. The fourth-order valence-corrected chi connectivity index (χ4v) is 2.50. The number of alkyl carbamates (subject to hydrolysis) is 1. The Morgan fingerprint density at radius 2 is 1.59 bits per heavy atom. The highest BCUT2D eigenvalue weighted by atomic mass is 16.6. The van der Waals surface area contributed by atoms with Crippen molar-refractivity contribution in [2.24, 2.45) is 5.92 Å². The number of carbonyl (C=O) groups excluding carboxylic acids is 2. The van der Waals surface area contributed by atoms with Gasteiger partial charge >= 0.3 is 12.1 Å². The lowest BCUT2D eigenvalue weighted by Gasteiger charge is -2.30. The van der Waals surface area contributed by atoms with Crippen LogP contribution in [0.5, 0.6) is 0 Å². The van der Waals surface area contributed by atoms with Crippen LogP contribution in [0.4, 0.5) is 4.79 Å². The third-order valence-corrected chi connectivity index (χ3v) is 3.29. The van der Waals surface area contributed by atoms with Gasteiger partial charge in [-0.25, -0.2) is 9.59 Å². The molecule has 6 nitrogen and oxygen atoms in total. The second kappa shape index (κ2) is 6.86. The van der Waals surface area contributed by atoms with E-state index in [0.29, 0.717) is 12.8 Å². The molecule has 2 N–H and O–H groups in total. The van der Waals surface area contributed by atoms with Crippen molar-refractivity contribution in [2.75, 3.05) is 0 Å². The summed E-state index contributed by atoms with van der Waals surface area (Å²) in [6, 6.07) is -0.897. The first-order chi connectivity index (χ1) is 9.89. The predicted octanol–water partition coefficient (Wildman–Crippen LogP) is 2.38. The maximum Gasteiger partial charge on any atom is 0.408 e. The molecule has 0 aromatic carbocycles. The van der Waals surface area contributed by atoms with Crippen molar-refractivity contribution < 1.29 is 24.2 Å². The molecule has 0 bridgehead atoms. The molecule has 1 aliphatic rings. The topological polar surface area (TPSA) is 84.9 Å². The zero-order valence-electron chi connectivity index (χ0n) is 14.4. The molecule has 0 saturated heterocycles. The zero-order chi connectivity index (χ0) is 17.1.